The van der Waals surface area contributed by atoms with Crippen molar-refractivity contribution in [1.29, 1.82) is 0 Å². The highest BCUT2D eigenvalue weighted by molar-refractivity contribution is 7.13. The summed E-state index contributed by atoms with van der Waals surface area (Å²) in [4.78, 5) is 10.8. The van der Waals surface area contributed by atoms with Crippen LogP contribution in [0.4, 0.5) is 5.13 Å². The normalized spacial score (nSPS) is 10.9. The predicted molar refractivity (Wildman–Crippen MR) is 80.4 cm³/mol. The smallest absolute Gasteiger partial charge is 0.185 e. The Morgan fingerprint density at radius 3 is 2.74 bits per heavy atom. The first-order valence-corrected chi connectivity index (χ1v) is 7.31. The molecule has 0 radical (unpaired) electrons. The zero-order valence-corrected chi connectivity index (χ0v) is 12.4. The number of hydrogen-bond acceptors (Lipinski definition) is 5. The van der Waals surface area contributed by atoms with Gasteiger partial charge in [-0.2, -0.15) is 0 Å². The number of nitrogens with zero attached hydrogens (tertiary/aromatic N) is 3. The first-order chi connectivity index (χ1) is 9.15. The molecule has 0 aliphatic rings. The number of aromatic nitrogens is 2. The van der Waals surface area contributed by atoms with Crippen LogP contribution in [0.15, 0.2) is 29.9 Å². The summed E-state index contributed by atoms with van der Waals surface area (Å²) >= 11 is 1.69. The molecular weight excluding hydrogens is 256 g/mol. The van der Waals surface area contributed by atoms with Gasteiger partial charge in [0.25, 0.3) is 0 Å². The maximum absolute atomic E-state index is 4.64. The molecule has 1 N–H and O–H groups in total. The number of hydrogen-bond donors (Lipinski definition) is 1. The lowest BCUT2D eigenvalue weighted by Crippen LogP contribution is -2.22. The van der Waals surface area contributed by atoms with Gasteiger partial charge in [-0.15, -0.1) is 11.3 Å². The average Bonchev–Trinajstić information content (AvgIpc) is 2.86. The van der Waals surface area contributed by atoms with Crippen LogP contribution in [-0.4, -0.2) is 23.1 Å². The Bertz CT molecular complexity index is 495. The number of rotatable bonds is 6. The van der Waals surface area contributed by atoms with E-state index in [1.165, 1.54) is 5.56 Å². The van der Waals surface area contributed by atoms with Crippen LogP contribution in [-0.2, 0) is 13.1 Å². The van der Waals surface area contributed by atoms with E-state index in [9.17, 15) is 0 Å². The number of thiazole rings is 1. The summed E-state index contributed by atoms with van der Waals surface area (Å²) in [6.45, 7) is 5.97. The van der Waals surface area contributed by atoms with Crippen molar-refractivity contribution in [3.63, 3.8) is 0 Å². The van der Waals surface area contributed by atoms with Crippen LogP contribution >= 0.6 is 11.3 Å². The Kier molecular flexibility index (Phi) is 4.87. The maximum Gasteiger partial charge on any atom is 0.185 e. The Morgan fingerprint density at radius 1 is 1.32 bits per heavy atom. The van der Waals surface area contributed by atoms with Crippen molar-refractivity contribution in [3.8, 4) is 0 Å². The molecule has 0 aliphatic carbocycles. The van der Waals surface area contributed by atoms with E-state index in [2.05, 4.69) is 46.5 Å². The van der Waals surface area contributed by atoms with Crippen molar-refractivity contribution in [2.45, 2.75) is 33.0 Å². The summed E-state index contributed by atoms with van der Waals surface area (Å²) in [5.74, 6) is 0. The summed E-state index contributed by atoms with van der Waals surface area (Å²) < 4.78 is 0. The molecule has 0 saturated carbocycles. The van der Waals surface area contributed by atoms with E-state index in [1.54, 1.807) is 11.3 Å². The Morgan fingerprint density at radius 2 is 2.05 bits per heavy atom. The SMILES string of the molecule is CC(C)NCc1csc(N(C)Cc2ccncc2)n1. The van der Waals surface area contributed by atoms with Gasteiger partial charge < -0.3 is 10.2 Å². The third kappa shape index (κ3) is 4.29. The highest BCUT2D eigenvalue weighted by Crippen LogP contribution is 2.20. The van der Waals surface area contributed by atoms with Gasteiger partial charge in [0, 0.05) is 44.0 Å². The minimum atomic E-state index is 0.486. The third-order valence-electron chi connectivity index (χ3n) is 2.73. The van der Waals surface area contributed by atoms with Gasteiger partial charge in [-0.05, 0) is 17.7 Å². The molecule has 0 aromatic carbocycles. The Labute approximate surface area is 118 Å². The summed E-state index contributed by atoms with van der Waals surface area (Å²) in [6.07, 6.45) is 3.64. The topological polar surface area (TPSA) is 41.0 Å². The van der Waals surface area contributed by atoms with Crippen molar-refractivity contribution in [1.82, 2.24) is 15.3 Å². The van der Waals surface area contributed by atoms with Crippen molar-refractivity contribution in [2.75, 3.05) is 11.9 Å². The lowest BCUT2D eigenvalue weighted by atomic mass is 10.2. The Balaban J connectivity index is 1.94. The Hall–Kier alpha value is -1.46. The van der Waals surface area contributed by atoms with E-state index in [0.717, 1.165) is 23.9 Å². The van der Waals surface area contributed by atoms with Gasteiger partial charge in [0.15, 0.2) is 5.13 Å². The lowest BCUT2D eigenvalue weighted by Gasteiger charge is -2.15. The van der Waals surface area contributed by atoms with E-state index >= 15 is 0 Å². The molecule has 0 atom stereocenters. The molecule has 4 nitrogen and oxygen atoms in total. The molecule has 0 saturated heterocycles. The molecule has 2 rings (SSSR count). The minimum Gasteiger partial charge on any atom is -0.347 e. The lowest BCUT2D eigenvalue weighted by molar-refractivity contribution is 0.583. The standard InChI is InChI=1S/C14H20N4S/c1-11(2)16-8-13-10-19-14(17-13)18(3)9-12-4-6-15-7-5-12/h4-7,10-11,16H,8-9H2,1-3H3. The highest BCUT2D eigenvalue weighted by atomic mass is 32.1. The number of anilines is 1. The van der Waals surface area contributed by atoms with E-state index in [-0.39, 0.29) is 0 Å². The van der Waals surface area contributed by atoms with Crippen LogP contribution in [0.3, 0.4) is 0 Å². The molecule has 2 aromatic heterocycles. The largest absolute Gasteiger partial charge is 0.347 e. The molecule has 0 aliphatic heterocycles. The third-order valence-corrected chi connectivity index (χ3v) is 3.73. The van der Waals surface area contributed by atoms with E-state index in [4.69, 9.17) is 0 Å². The van der Waals surface area contributed by atoms with Crippen molar-refractivity contribution in [2.24, 2.45) is 0 Å². The molecule has 0 fully saturated rings. The number of nitrogens with one attached hydrogen (secondary N) is 1. The maximum atomic E-state index is 4.64. The van der Waals surface area contributed by atoms with Crippen LogP contribution in [0.5, 0.6) is 0 Å². The van der Waals surface area contributed by atoms with Crippen molar-refractivity contribution >= 4 is 16.5 Å². The first-order valence-electron chi connectivity index (χ1n) is 6.43. The fourth-order valence-corrected chi connectivity index (χ4v) is 2.48. The predicted octanol–water partition coefficient (Wildman–Crippen LogP) is 2.67. The van der Waals surface area contributed by atoms with Crippen LogP contribution in [0.1, 0.15) is 25.1 Å². The molecule has 0 amide bonds. The first kappa shape index (κ1) is 14.0. The molecule has 2 heterocycles. The van der Waals surface area contributed by atoms with Crippen molar-refractivity contribution < 1.29 is 0 Å². The fourth-order valence-electron chi connectivity index (χ4n) is 1.69. The zero-order chi connectivity index (χ0) is 13.7. The van der Waals surface area contributed by atoms with Crippen molar-refractivity contribution in [3.05, 3.63) is 41.2 Å². The molecular formula is C14H20N4S. The highest BCUT2D eigenvalue weighted by Gasteiger charge is 2.07. The van der Waals surface area contributed by atoms with Crippen LogP contribution in [0.25, 0.3) is 0 Å². The summed E-state index contributed by atoms with van der Waals surface area (Å²) in [5, 5.41) is 6.55. The second-order valence-corrected chi connectivity index (χ2v) is 5.71. The fraction of sp³-hybridized carbons (Fsp3) is 0.429. The molecule has 0 bridgehead atoms. The van der Waals surface area contributed by atoms with Gasteiger partial charge in [-0.1, -0.05) is 13.8 Å². The van der Waals surface area contributed by atoms with Gasteiger partial charge in [-0.3, -0.25) is 4.98 Å². The second kappa shape index (κ2) is 6.63. The summed E-state index contributed by atoms with van der Waals surface area (Å²) in [6, 6.07) is 4.55. The number of pyridine rings is 1. The van der Waals surface area contributed by atoms with E-state index < -0.39 is 0 Å². The van der Waals surface area contributed by atoms with Gasteiger partial charge >= 0.3 is 0 Å². The molecule has 0 unspecified atom stereocenters. The molecule has 0 spiro atoms. The molecule has 102 valence electrons. The van der Waals surface area contributed by atoms with Gasteiger partial charge in [0.2, 0.25) is 0 Å². The van der Waals surface area contributed by atoms with Crippen LogP contribution in [0, 0.1) is 0 Å². The molecule has 2 aromatic rings. The summed E-state index contributed by atoms with van der Waals surface area (Å²) in [7, 11) is 2.07. The zero-order valence-electron chi connectivity index (χ0n) is 11.6. The average molecular weight is 276 g/mol. The van der Waals surface area contributed by atoms with Gasteiger partial charge in [-0.25, -0.2) is 4.98 Å². The quantitative estimate of drug-likeness (QED) is 0.880. The second-order valence-electron chi connectivity index (χ2n) is 4.87. The van der Waals surface area contributed by atoms with Crippen LogP contribution in [0.2, 0.25) is 0 Å². The summed E-state index contributed by atoms with van der Waals surface area (Å²) in [5.41, 5.74) is 2.35. The van der Waals surface area contributed by atoms with Gasteiger partial charge in [0.05, 0.1) is 5.69 Å². The van der Waals surface area contributed by atoms with E-state index in [0.29, 0.717) is 6.04 Å². The van der Waals surface area contributed by atoms with E-state index in [1.807, 2.05) is 24.5 Å². The monoisotopic (exact) mass is 276 g/mol. The minimum absolute atomic E-state index is 0.486. The van der Waals surface area contributed by atoms with Gasteiger partial charge in [0.1, 0.15) is 0 Å². The molecule has 5 heteroatoms. The molecule has 19 heavy (non-hydrogen) atoms. The van der Waals surface area contributed by atoms with Crippen LogP contribution < -0.4 is 10.2 Å².